The zero-order valence-electron chi connectivity index (χ0n) is 18.2. The molecule has 35 heavy (non-hydrogen) atoms. The molecule has 2 unspecified atom stereocenters. The predicted molar refractivity (Wildman–Crippen MR) is 118 cm³/mol. The number of ether oxygens (including phenoxy) is 1. The minimum Gasteiger partial charge on any atom is -0.478 e. The molecule has 0 aromatic heterocycles. The van der Waals surface area contributed by atoms with E-state index in [9.17, 15) is 19.2 Å². The van der Waals surface area contributed by atoms with Crippen molar-refractivity contribution >= 4 is 23.9 Å². The van der Waals surface area contributed by atoms with Crippen LogP contribution in [0.1, 0.15) is 41.4 Å². The van der Waals surface area contributed by atoms with Gasteiger partial charge in [0.15, 0.2) is 0 Å². The van der Waals surface area contributed by atoms with E-state index < -0.39 is 42.7 Å². The Kier molecular flexibility index (Phi) is 14.8. The van der Waals surface area contributed by atoms with Gasteiger partial charge in [-0.25, -0.2) is 19.2 Å². The first-order valence-electron chi connectivity index (χ1n) is 9.73. The van der Waals surface area contributed by atoms with Crippen LogP contribution in [0.15, 0.2) is 48.5 Å². The molecule has 0 fully saturated rings. The molecule has 0 aliphatic rings. The van der Waals surface area contributed by atoms with Gasteiger partial charge in [0.25, 0.3) is 0 Å². The maximum atomic E-state index is 10.4. The first-order valence-corrected chi connectivity index (χ1v) is 9.73. The second-order valence-electron chi connectivity index (χ2n) is 6.44. The number of hydrogen-bond donors (Lipinski definition) is 8. The summed E-state index contributed by atoms with van der Waals surface area (Å²) in [5.74, 6) is -4.38. The number of carbonyl (C=O) groups is 4. The summed E-state index contributed by atoms with van der Waals surface area (Å²) in [4.78, 5) is 41.4. The smallest absolute Gasteiger partial charge is 0.335 e. The number of aliphatic hydroxyl groups is 4. The first-order chi connectivity index (χ1) is 16.5. The quantitative estimate of drug-likeness (QED) is 0.213. The molecule has 192 valence electrons. The van der Waals surface area contributed by atoms with Crippen molar-refractivity contribution in [1.29, 1.82) is 0 Å². The summed E-state index contributed by atoms with van der Waals surface area (Å²) >= 11 is 0. The molecule has 8 N–H and O–H groups in total. The summed E-state index contributed by atoms with van der Waals surface area (Å²) in [6.07, 6.45) is -1.90. The Labute approximate surface area is 198 Å². The van der Waals surface area contributed by atoms with Gasteiger partial charge in [-0.1, -0.05) is 6.07 Å². The standard InChI is InChI=1S/2C8H6O4.C6H14O5/c9-7(10)5-1-2-6(4-3-5)8(11)12;9-7(10)5-2-1-3-6(4-5)8(11)12;7-1-2-11-6(4-9)5(10)3-8/h2*1-4H,(H,9,10)(H,11,12);5-10H,1-4H2. The van der Waals surface area contributed by atoms with Crippen LogP contribution in [0.4, 0.5) is 0 Å². The number of aromatic carboxylic acids is 4. The van der Waals surface area contributed by atoms with Crippen molar-refractivity contribution in [3.8, 4) is 0 Å². The average molecular weight is 498 g/mol. The molecule has 2 aromatic carbocycles. The van der Waals surface area contributed by atoms with E-state index in [0.717, 1.165) is 6.07 Å². The highest BCUT2D eigenvalue weighted by Gasteiger charge is 2.17. The van der Waals surface area contributed by atoms with Gasteiger partial charge >= 0.3 is 23.9 Å². The summed E-state index contributed by atoms with van der Waals surface area (Å²) in [5, 5.41) is 68.2. The second-order valence-corrected chi connectivity index (χ2v) is 6.44. The maximum Gasteiger partial charge on any atom is 0.335 e. The molecule has 0 heterocycles. The summed E-state index contributed by atoms with van der Waals surface area (Å²) < 4.78 is 4.78. The molecule has 13 nitrogen and oxygen atoms in total. The van der Waals surface area contributed by atoms with E-state index in [4.69, 9.17) is 45.6 Å². The van der Waals surface area contributed by atoms with E-state index in [1.807, 2.05) is 0 Å². The number of aliphatic hydroxyl groups excluding tert-OH is 4. The fraction of sp³-hybridized carbons (Fsp3) is 0.273. The number of carboxylic acids is 4. The second kappa shape index (κ2) is 16.7. The Hall–Kier alpha value is -3.88. The minimum absolute atomic E-state index is 0.0186. The largest absolute Gasteiger partial charge is 0.478 e. The lowest BCUT2D eigenvalue weighted by Crippen LogP contribution is -2.35. The molecule has 0 bridgehead atoms. The van der Waals surface area contributed by atoms with Crippen LogP contribution < -0.4 is 0 Å². The maximum absolute atomic E-state index is 10.4. The van der Waals surface area contributed by atoms with Crippen LogP contribution in [-0.2, 0) is 4.74 Å². The lowest BCUT2D eigenvalue weighted by atomic mass is 10.1. The Balaban J connectivity index is 0.000000496. The third-order valence-corrected chi connectivity index (χ3v) is 3.95. The van der Waals surface area contributed by atoms with Gasteiger partial charge in [-0.3, -0.25) is 0 Å². The molecule has 0 radical (unpaired) electrons. The van der Waals surface area contributed by atoms with Crippen molar-refractivity contribution < 1.29 is 64.8 Å². The third kappa shape index (κ3) is 12.2. The van der Waals surface area contributed by atoms with Gasteiger partial charge < -0.3 is 45.6 Å². The number of hydrogen-bond acceptors (Lipinski definition) is 9. The first kappa shape index (κ1) is 31.1. The lowest BCUT2D eigenvalue weighted by molar-refractivity contribution is -0.0857. The number of carboxylic acid groups (broad SMARTS) is 4. The van der Waals surface area contributed by atoms with Gasteiger partial charge in [0.2, 0.25) is 0 Å². The fourth-order valence-corrected chi connectivity index (χ4v) is 2.15. The van der Waals surface area contributed by atoms with Crippen LogP contribution in [0, 0.1) is 0 Å². The predicted octanol–water partition coefficient (Wildman–Crippen LogP) is -0.125. The summed E-state index contributed by atoms with van der Waals surface area (Å²) in [5.41, 5.74) is 0.129. The van der Waals surface area contributed by atoms with Crippen LogP contribution in [-0.4, -0.2) is 103 Å². The highest BCUT2D eigenvalue weighted by Crippen LogP contribution is 2.05. The van der Waals surface area contributed by atoms with E-state index in [2.05, 4.69) is 0 Å². The topological polar surface area (TPSA) is 239 Å². The fourth-order valence-electron chi connectivity index (χ4n) is 2.15. The Bertz CT molecular complexity index is 894. The normalized spacial score (nSPS) is 11.5. The monoisotopic (exact) mass is 498 g/mol. The molecule has 0 aliphatic carbocycles. The highest BCUT2D eigenvalue weighted by molar-refractivity contribution is 5.93. The summed E-state index contributed by atoms with van der Waals surface area (Å²) in [6.45, 7) is -0.963. The Morgan fingerprint density at radius 3 is 1.34 bits per heavy atom. The molecule has 2 atom stereocenters. The van der Waals surface area contributed by atoms with Crippen LogP contribution in [0.3, 0.4) is 0 Å². The van der Waals surface area contributed by atoms with Gasteiger partial charge in [0.05, 0.1) is 48.7 Å². The Morgan fingerprint density at radius 2 is 1.06 bits per heavy atom. The molecule has 13 heteroatoms. The average Bonchev–Trinajstić information content (AvgIpc) is 2.85. The van der Waals surface area contributed by atoms with Crippen LogP contribution in [0.5, 0.6) is 0 Å². The zero-order valence-corrected chi connectivity index (χ0v) is 18.2. The van der Waals surface area contributed by atoms with E-state index in [0.29, 0.717) is 0 Å². The molecule has 2 rings (SSSR count). The van der Waals surface area contributed by atoms with Gasteiger partial charge in [-0.15, -0.1) is 0 Å². The van der Waals surface area contributed by atoms with Gasteiger partial charge in [0, 0.05) is 0 Å². The third-order valence-electron chi connectivity index (χ3n) is 3.95. The number of benzene rings is 2. The zero-order chi connectivity index (χ0) is 27.0. The van der Waals surface area contributed by atoms with Crippen LogP contribution >= 0.6 is 0 Å². The highest BCUT2D eigenvalue weighted by atomic mass is 16.5. The molecule has 0 saturated heterocycles. The van der Waals surface area contributed by atoms with Crippen molar-refractivity contribution in [3.05, 3.63) is 70.8 Å². The van der Waals surface area contributed by atoms with Crippen LogP contribution in [0.2, 0.25) is 0 Å². The van der Waals surface area contributed by atoms with E-state index in [1.165, 1.54) is 42.5 Å². The van der Waals surface area contributed by atoms with Gasteiger partial charge in [-0.05, 0) is 42.5 Å². The van der Waals surface area contributed by atoms with Crippen molar-refractivity contribution in [2.24, 2.45) is 0 Å². The molecule has 2 aromatic rings. The lowest BCUT2D eigenvalue weighted by Gasteiger charge is -2.18. The van der Waals surface area contributed by atoms with Crippen molar-refractivity contribution in [2.45, 2.75) is 12.2 Å². The molecular weight excluding hydrogens is 472 g/mol. The molecule has 0 spiro atoms. The van der Waals surface area contributed by atoms with E-state index in [1.54, 1.807) is 0 Å². The van der Waals surface area contributed by atoms with Crippen molar-refractivity contribution in [2.75, 3.05) is 26.4 Å². The van der Waals surface area contributed by atoms with Crippen molar-refractivity contribution in [1.82, 2.24) is 0 Å². The van der Waals surface area contributed by atoms with E-state index >= 15 is 0 Å². The minimum atomic E-state index is -1.13. The molecule has 0 aliphatic heterocycles. The summed E-state index contributed by atoms with van der Waals surface area (Å²) in [7, 11) is 0. The summed E-state index contributed by atoms with van der Waals surface area (Å²) in [6, 6.07) is 10.2. The van der Waals surface area contributed by atoms with E-state index in [-0.39, 0.29) is 42.1 Å². The van der Waals surface area contributed by atoms with Gasteiger partial charge in [0.1, 0.15) is 12.2 Å². The molecule has 0 amide bonds. The SMILES string of the molecule is O=C(O)c1ccc(C(=O)O)cc1.O=C(O)c1cccc(C(=O)O)c1.OCCOC(CO)C(O)CO. The Morgan fingerprint density at radius 1 is 0.657 bits per heavy atom. The molecule has 0 saturated carbocycles. The molecular formula is C22H26O13. The van der Waals surface area contributed by atoms with Gasteiger partial charge in [-0.2, -0.15) is 0 Å². The van der Waals surface area contributed by atoms with Crippen molar-refractivity contribution in [3.63, 3.8) is 0 Å². The number of rotatable bonds is 10. The van der Waals surface area contributed by atoms with Crippen LogP contribution in [0.25, 0.3) is 0 Å².